The largest absolute Gasteiger partial charge is 1.00 e. The van der Waals surface area contributed by atoms with Crippen LogP contribution in [0.3, 0.4) is 0 Å². The van der Waals surface area contributed by atoms with E-state index in [9.17, 15) is 9.59 Å². The normalized spacial score (nSPS) is 14.8. The SMILES string of the molecule is O=C(OC(COc1cc(=O)oc2ccccc12)C[NH+]1CCCC1)c1ccccc1.[Cl-]. The Labute approximate surface area is 180 Å². The zero-order valence-corrected chi connectivity index (χ0v) is 17.3. The fourth-order valence-corrected chi connectivity index (χ4v) is 3.71. The van der Waals surface area contributed by atoms with Gasteiger partial charge in [-0.05, 0) is 24.3 Å². The lowest BCUT2D eigenvalue weighted by Crippen LogP contribution is -3.11. The van der Waals surface area contributed by atoms with Crippen molar-refractivity contribution in [3.05, 3.63) is 76.6 Å². The second kappa shape index (κ2) is 10.3. The van der Waals surface area contributed by atoms with Crippen LogP contribution in [0.5, 0.6) is 5.75 Å². The standard InChI is InChI=1S/C23H23NO5.ClH/c25-22-14-21(19-10-4-5-11-20(19)29-22)27-16-18(15-24-12-6-7-13-24)28-23(26)17-8-2-1-3-9-17;/h1-5,8-11,14,18H,6-7,12-13,15-16H2;1H. The molecule has 6 nitrogen and oxygen atoms in total. The lowest BCUT2D eigenvalue weighted by atomic mass is 10.2. The van der Waals surface area contributed by atoms with Gasteiger partial charge in [-0.1, -0.05) is 30.3 Å². The number of esters is 1. The lowest BCUT2D eigenvalue weighted by molar-refractivity contribution is -0.890. The maximum atomic E-state index is 12.6. The second-order valence-corrected chi connectivity index (χ2v) is 7.29. The Morgan fingerprint density at radius 1 is 1.03 bits per heavy atom. The molecule has 2 heterocycles. The van der Waals surface area contributed by atoms with Crippen molar-refractivity contribution < 1.29 is 36.0 Å². The van der Waals surface area contributed by atoms with Crippen LogP contribution in [0.2, 0.25) is 0 Å². The molecule has 1 N–H and O–H groups in total. The van der Waals surface area contributed by atoms with Crippen molar-refractivity contribution >= 4 is 16.9 Å². The minimum Gasteiger partial charge on any atom is -1.00 e. The monoisotopic (exact) mass is 429 g/mol. The number of rotatable bonds is 7. The van der Waals surface area contributed by atoms with Crippen molar-refractivity contribution in [3.8, 4) is 5.75 Å². The molecule has 158 valence electrons. The van der Waals surface area contributed by atoms with Crippen molar-refractivity contribution in [2.24, 2.45) is 0 Å². The summed E-state index contributed by atoms with van der Waals surface area (Å²) < 4.78 is 16.9. The molecule has 7 heteroatoms. The molecule has 0 bridgehead atoms. The van der Waals surface area contributed by atoms with Gasteiger partial charge in [0.1, 0.15) is 24.5 Å². The Morgan fingerprint density at radius 2 is 1.73 bits per heavy atom. The van der Waals surface area contributed by atoms with E-state index in [1.807, 2.05) is 30.3 Å². The molecule has 1 saturated heterocycles. The van der Waals surface area contributed by atoms with Crippen LogP contribution in [0.15, 0.2) is 69.9 Å². The quantitative estimate of drug-likeness (QED) is 0.388. The summed E-state index contributed by atoms with van der Waals surface area (Å²) in [5.74, 6) is 0.0734. The van der Waals surface area contributed by atoms with E-state index in [-0.39, 0.29) is 25.0 Å². The maximum Gasteiger partial charge on any atom is 0.339 e. The van der Waals surface area contributed by atoms with Crippen LogP contribution >= 0.6 is 0 Å². The summed E-state index contributed by atoms with van der Waals surface area (Å²) in [6.07, 6.45) is 1.95. The lowest BCUT2D eigenvalue weighted by Gasteiger charge is -2.22. The van der Waals surface area contributed by atoms with Gasteiger partial charge in [0.2, 0.25) is 0 Å². The number of nitrogens with one attached hydrogen (secondary N) is 1. The van der Waals surface area contributed by atoms with Gasteiger partial charge in [-0.2, -0.15) is 0 Å². The average molecular weight is 430 g/mol. The van der Waals surface area contributed by atoms with Crippen molar-refractivity contribution in [1.29, 1.82) is 0 Å². The van der Waals surface area contributed by atoms with Gasteiger partial charge in [-0.3, -0.25) is 0 Å². The number of carbonyl (C=O) groups excluding carboxylic acids is 1. The van der Waals surface area contributed by atoms with E-state index in [1.165, 1.54) is 23.8 Å². The number of halogens is 1. The Morgan fingerprint density at radius 3 is 2.50 bits per heavy atom. The molecule has 2 aromatic carbocycles. The van der Waals surface area contributed by atoms with Crippen LogP contribution < -0.4 is 27.7 Å². The van der Waals surface area contributed by atoms with Gasteiger partial charge in [0, 0.05) is 12.8 Å². The van der Waals surface area contributed by atoms with Crippen molar-refractivity contribution in [3.63, 3.8) is 0 Å². The number of benzene rings is 2. The number of carbonyl (C=O) groups is 1. The molecule has 1 fully saturated rings. The van der Waals surface area contributed by atoms with E-state index >= 15 is 0 Å². The molecule has 0 spiro atoms. The third-order valence-corrected chi connectivity index (χ3v) is 5.15. The minimum absolute atomic E-state index is 0. The van der Waals surface area contributed by atoms with Gasteiger partial charge >= 0.3 is 11.6 Å². The molecule has 1 aromatic heterocycles. The number of quaternary nitrogens is 1. The molecule has 0 aliphatic carbocycles. The van der Waals surface area contributed by atoms with Gasteiger partial charge in [-0.25, -0.2) is 9.59 Å². The van der Waals surface area contributed by atoms with Crippen molar-refractivity contribution in [2.75, 3.05) is 26.2 Å². The Kier molecular flexibility index (Phi) is 7.49. The molecule has 1 atom stereocenters. The Bertz CT molecular complexity index is 1030. The first-order valence-electron chi connectivity index (χ1n) is 9.94. The van der Waals surface area contributed by atoms with E-state index in [1.54, 1.807) is 24.3 Å². The topological polar surface area (TPSA) is 70.2 Å². The van der Waals surface area contributed by atoms with E-state index in [4.69, 9.17) is 13.9 Å². The predicted molar refractivity (Wildman–Crippen MR) is 108 cm³/mol. The molecular formula is C23H24ClNO5. The first kappa shape index (κ1) is 21.9. The van der Waals surface area contributed by atoms with Crippen molar-refractivity contribution in [1.82, 2.24) is 0 Å². The molecule has 1 unspecified atom stereocenters. The van der Waals surface area contributed by atoms with Crippen LogP contribution in [0.4, 0.5) is 0 Å². The first-order chi connectivity index (χ1) is 14.2. The highest BCUT2D eigenvalue weighted by molar-refractivity contribution is 5.89. The molecule has 1 aliphatic rings. The summed E-state index contributed by atoms with van der Waals surface area (Å²) >= 11 is 0. The molecule has 1 aliphatic heterocycles. The molecule has 0 saturated carbocycles. The van der Waals surface area contributed by atoms with Crippen molar-refractivity contribution in [2.45, 2.75) is 18.9 Å². The zero-order chi connectivity index (χ0) is 20.1. The smallest absolute Gasteiger partial charge is 0.339 e. The van der Waals surface area contributed by atoms with E-state index in [0.29, 0.717) is 28.8 Å². The van der Waals surface area contributed by atoms with Crippen LogP contribution in [0, 0.1) is 0 Å². The maximum absolute atomic E-state index is 12.6. The number of hydrogen-bond acceptors (Lipinski definition) is 5. The summed E-state index contributed by atoms with van der Waals surface area (Å²) in [4.78, 5) is 25.8. The van der Waals surface area contributed by atoms with Gasteiger partial charge in [0.15, 0.2) is 6.10 Å². The fourth-order valence-electron chi connectivity index (χ4n) is 3.71. The minimum atomic E-state index is -0.471. The van der Waals surface area contributed by atoms with Crippen LogP contribution in [0.25, 0.3) is 11.0 Å². The molecule has 30 heavy (non-hydrogen) atoms. The number of hydrogen-bond donors (Lipinski definition) is 1. The highest BCUT2D eigenvalue weighted by Gasteiger charge is 2.25. The molecule has 0 radical (unpaired) electrons. The fraction of sp³-hybridized carbons (Fsp3) is 0.304. The van der Waals surface area contributed by atoms with E-state index < -0.39 is 11.7 Å². The summed E-state index contributed by atoms with van der Waals surface area (Å²) in [7, 11) is 0. The zero-order valence-electron chi connectivity index (χ0n) is 16.5. The molecule has 4 rings (SSSR count). The third kappa shape index (κ3) is 5.40. The number of para-hydroxylation sites is 1. The number of fused-ring (bicyclic) bond motifs is 1. The average Bonchev–Trinajstić information content (AvgIpc) is 3.25. The van der Waals surface area contributed by atoms with Crippen LogP contribution in [0.1, 0.15) is 23.2 Å². The second-order valence-electron chi connectivity index (χ2n) is 7.29. The molecule has 3 aromatic rings. The summed E-state index contributed by atoms with van der Waals surface area (Å²) in [6.45, 7) is 2.99. The first-order valence-corrected chi connectivity index (χ1v) is 9.94. The highest BCUT2D eigenvalue weighted by atomic mass is 35.5. The third-order valence-electron chi connectivity index (χ3n) is 5.15. The number of likely N-dealkylation sites (tertiary alicyclic amines) is 1. The van der Waals surface area contributed by atoms with Crippen LogP contribution in [-0.2, 0) is 4.74 Å². The summed E-state index contributed by atoms with van der Waals surface area (Å²) in [5.41, 5.74) is 0.513. The molecular weight excluding hydrogens is 406 g/mol. The highest BCUT2D eigenvalue weighted by Crippen LogP contribution is 2.23. The predicted octanol–water partition coefficient (Wildman–Crippen LogP) is -0.920. The summed E-state index contributed by atoms with van der Waals surface area (Å²) in [6, 6.07) is 17.5. The van der Waals surface area contributed by atoms with Gasteiger partial charge in [-0.15, -0.1) is 0 Å². The van der Waals surface area contributed by atoms with Gasteiger partial charge in [0.25, 0.3) is 0 Å². The van der Waals surface area contributed by atoms with Gasteiger partial charge < -0.3 is 31.2 Å². The van der Waals surface area contributed by atoms with Gasteiger partial charge in [0.05, 0.1) is 30.1 Å². The van der Waals surface area contributed by atoms with E-state index in [0.717, 1.165) is 13.1 Å². The number of ether oxygens (including phenoxy) is 2. The summed E-state index contributed by atoms with van der Waals surface area (Å²) in [5, 5.41) is 0.716. The Balaban J connectivity index is 0.00000256. The Hall–Kier alpha value is -2.83. The molecule has 0 amide bonds. The van der Waals surface area contributed by atoms with E-state index in [2.05, 4.69) is 0 Å². The van der Waals surface area contributed by atoms with Crippen LogP contribution in [-0.4, -0.2) is 38.3 Å².